The zero-order valence-electron chi connectivity index (χ0n) is 14.0. The standard InChI is InChI=1S/C16H29N3O2.ClH/c1-4-12(2)15(20)18-8-5-6-14(11-18)16(21)19-9-7-17-10-13(19)3;/h12-14,17H,4-11H2,1-3H3;1H. The van der Waals surface area contributed by atoms with Crippen LogP contribution in [0.3, 0.4) is 0 Å². The maximum atomic E-state index is 12.7. The summed E-state index contributed by atoms with van der Waals surface area (Å²) in [6.07, 6.45) is 2.72. The van der Waals surface area contributed by atoms with Crippen LogP contribution >= 0.6 is 12.4 Å². The van der Waals surface area contributed by atoms with Crippen LogP contribution in [-0.2, 0) is 9.59 Å². The van der Waals surface area contributed by atoms with Gasteiger partial charge in [-0.3, -0.25) is 9.59 Å². The van der Waals surface area contributed by atoms with Crippen molar-refractivity contribution in [2.24, 2.45) is 11.8 Å². The Balaban J connectivity index is 0.00000242. The van der Waals surface area contributed by atoms with E-state index in [0.29, 0.717) is 6.54 Å². The van der Waals surface area contributed by atoms with Gasteiger partial charge in [-0.1, -0.05) is 13.8 Å². The van der Waals surface area contributed by atoms with Crippen LogP contribution in [0.1, 0.15) is 40.0 Å². The first kappa shape index (κ1) is 19.2. The zero-order chi connectivity index (χ0) is 15.4. The van der Waals surface area contributed by atoms with Crippen molar-refractivity contribution in [3.63, 3.8) is 0 Å². The Morgan fingerprint density at radius 3 is 2.68 bits per heavy atom. The minimum Gasteiger partial charge on any atom is -0.342 e. The van der Waals surface area contributed by atoms with Crippen LogP contribution in [0.2, 0.25) is 0 Å². The second-order valence-electron chi connectivity index (χ2n) is 6.52. The summed E-state index contributed by atoms with van der Waals surface area (Å²) in [5.41, 5.74) is 0. The lowest BCUT2D eigenvalue weighted by Gasteiger charge is -2.39. The van der Waals surface area contributed by atoms with Crippen LogP contribution < -0.4 is 5.32 Å². The number of carbonyl (C=O) groups excluding carboxylic acids is 2. The maximum absolute atomic E-state index is 12.7. The lowest BCUT2D eigenvalue weighted by atomic mass is 9.94. The highest BCUT2D eigenvalue weighted by Gasteiger charge is 2.34. The molecule has 2 aliphatic rings. The summed E-state index contributed by atoms with van der Waals surface area (Å²) in [4.78, 5) is 29.0. The molecule has 0 aromatic carbocycles. The van der Waals surface area contributed by atoms with E-state index in [1.807, 2.05) is 23.6 Å². The summed E-state index contributed by atoms with van der Waals surface area (Å²) < 4.78 is 0. The summed E-state index contributed by atoms with van der Waals surface area (Å²) >= 11 is 0. The molecule has 3 atom stereocenters. The van der Waals surface area contributed by atoms with Crippen molar-refractivity contribution in [1.82, 2.24) is 15.1 Å². The number of rotatable bonds is 3. The highest BCUT2D eigenvalue weighted by Crippen LogP contribution is 2.22. The Morgan fingerprint density at radius 1 is 1.32 bits per heavy atom. The Bertz CT molecular complexity index is 392. The molecule has 6 heteroatoms. The van der Waals surface area contributed by atoms with E-state index in [0.717, 1.165) is 45.4 Å². The largest absolute Gasteiger partial charge is 0.342 e. The Hall–Kier alpha value is -0.810. The number of likely N-dealkylation sites (tertiary alicyclic amines) is 1. The number of amides is 2. The lowest BCUT2D eigenvalue weighted by molar-refractivity contribution is -0.144. The van der Waals surface area contributed by atoms with E-state index in [-0.39, 0.29) is 42.1 Å². The van der Waals surface area contributed by atoms with Crippen molar-refractivity contribution in [3.8, 4) is 0 Å². The molecule has 128 valence electrons. The number of carbonyl (C=O) groups is 2. The van der Waals surface area contributed by atoms with Crippen molar-refractivity contribution in [2.75, 3.05) is 32.7 Å². The topological polar surface area (TPSA) is 52.7 Å². The molecule has 22 heavy (non-hydrogen) atoms. The molecule has 2 saturated heterocycles. The van der Waals surface area contributed by atoms with E-state index < -0.39 is 0 Å². The molecule has 2 rings (SSSR count). The number of nitrogens with one attached hydrogen (secondary N) is 1. The molecule has 0 bridgehead atoms. The number of hydrogen-bond donors (Lipinski definition) is 1. The van der Waals surface area contributed by atoms with Crippen molar-refractivity contribution in [1.29, 1.82) is 0 Å². The highest BCUT2D eigenvalue weighted by atomic mass is 35.5. The van der Waals surface area contributed by atoms with Crippen LogP contribution in [-0.4, -0.2) is 60.4 Å². The predicted octanol–water partition coefficient (Wildman–Crippen LogP) is 1.51. The molecule has 5 nitrogen and oxygen atoms in total. The minimum absolute atomic E-state index is 0. The van der Waals surface area contributed by atoms with Crippen molar-refractivity contribution < 1.29 is 9.59 Å². The van der Waals surface area contributed by atoms with Gasteiger partial charge in [0, 0.05) is 44.7 Å². The number of nitrogens with zero attached hydrogens (tertiary/aromatic N) is 2. The summed E-state index contributed by atoms with van der Waals surface area (Å²) in [6.45, 7) is 10.1. The van der Waals surface area contributed by atoms with Crippen LogP contribution in [0.4, 0.5) is 0 Å². The molecule has 0 spiro atoms. The third-order valence-corrected chi connectivity index (χ3v) is 4.90. The zero-order valence-corrected chi connectivity index (χ0v) is 14.8. The van der Waals surface area contributed by atoms with Gasteiger partial charge in [0.25, 0.3) is 0 Å². The fraction of sp³-hybridized carbons (Fsp3) is 0.875. The second-order valence-corrected chi connectivity index (χ2v) is 6.52. The molecule has 2 amide bonds. The Morgan fingerprint density at radius 2 is 2.05 bits per heavy atom. The summed E-state index contributed by atoms with van der Waals surface area (Å²) in [6, 6.07) is 0.256. The van der Waals surface area contributed by atoms with E-state index in [1.54, 1.807) is 0 Å². The van der Waals surface area contributed by atoms with Gasteiger partial charge in [0.1, 0.15) is 0 Å². The molecule has 2 fully saturated rings. The van der Waals surface area contributed by atoms with Gasteiger partial charge < -0.3 is 15.1 Å². The van der Waals surface area contributed by atoms with E-state index in [2.05, 4.69) is 12.2 Å². The van der Waals surface area contributed by atoms with Gasteiger partial charge in [-0.15, -0.1) is 12.4 Å². The first-order chi connectivity index (χ1) is 10.0. The molecule has 0 aromatic heterocycles. The van der Waals surface area contributed by atoms with Gasteiger partial charge >= 0.3 is 0 Å². The third-order valence-electron chi connectivity index (χ3n) is 4.90. The van der Waals surface area contributed by atoms with Crippen LogP contribution in [0.25, 0.3) is 0 Å². The summed E-state index contributed by atoms with van der Waals surface area (Å²) in [7, 11) is 0. The van der Waals surface area contributed by atoms with Gasteiger partial charge in [0.05, 0.1) is 5.92 Å². The molecular weight excluding hydrogens is 302 g/mol. The second kappa shape index (κ2) is 8.73. The average molecular weight is 332 g/mol. The average Bonchev–Trinajstić information content (AvgIpc) is 2.53. The van der Waals surface area contributed by atoms with E-state index >= 15 is 0 Å². The molecule has 0 radical (unpaired) electrons. The van der Waals surface area contributed by atoms with Crippen LogP contribution in [0.15, 0.2) is 0 Å². The van der Waals surface area contributed by atoms with Gasteiger partial charge in [-0.2, -0.15) is 0 Å². The first-order valence-electron chi connectivity index (χ1n) is 8.34. The molecular formula is C16H30ClN3O2. The molecule has 1 N–H and O–H groups in total. The maximum Gasteiger partial charge on any atom is 0.227 e. The van der Waals surface area contributed by atoms with Crippen molar-refractivity contribution in [3.05, 3.63) is 0 Å². The molecule has 0 aromatic rings. The molecule has 0 saturated carbocycles. The number of piperidine rings is 1. The lowest BCUT2D eigenvalue weighted by Crippen LogP contribution is -2.56. The SMILES string of the molecule is CCC(C)C(=O)N1CCCC(C(=O)N2CCNCC2C)C1.Cl. The number of hydrogen-bond acceptors (Lipinski definition) is 3. The fourth-order valence-electron chi connectivity index (χ4n) is 3.27. The van der Waals surface area contributed by atoms with E-state index in [4.69, 9.17) is 0 Å². The van der Waals surface area contributed by atoms with Crippen LogP contribution in [0.5, 0.6) is 0 Å². The predicted molar refractivity (Wildman–Crippen MR) is 90.1 cm³/mol. The summed E-state index contributed by atoms with van der Waals surface area (Å²) in [5.74, 6) is 0.512. The van der Waals surface area contributed by atoms with Crippen LogP contribution in [0, 0.1) is 11.8 Å². The van der Waals surface area contributed by atoms with E-state index in [1.165, 1.54) is 0 Å². The quantitative estimate of drug-likeness (QED) is 0.853. The van der Waals surface area contributed by atoms with Gasteiger partial charge in [0.2, 0.25) is 11.8 Å². The van der Waals surface area contributed by atoms with Gasteiger partial charge in [-0.05, 0) is 26.2 Å². The molecule has 0 aliphatic carbocycles. The minimum atomic E-state index is -0.00712. The van der Waals surface area contributed by atoms with Gasteiger partial charge in [0.15, 0.2) is 0 Å². The van der Waals surface area contributed by atoms with E-state index in [9.17, 15) is 9.59 Å². The monoisotopic (exact) mass is 331 g/mol. The smallest absolute Gasteiger partial charge is 0.227 e. The Labute approximate surface area is 140 Å². The van der Waals surface area contributed by atoms with Crippen molar-refractivity contribution >= 4 is 24.2 Å². The third kappa shape index (κ3) is 4.35. The van der Waals surface area contributed by atoms with Crippen molar-refractivity contribution in [2.45, 2.75) is 46.1 Å². The number of halogens is 1. The molecule has 3 unspecified atom stereocenters. The number of piperazine rings is 1. The van der Waals surface area contributed by atoms with Gasteiger partial charge in [-0.25, -0.2) is 0 Å². The highest BCUT2D eigenvalue weighted by molar-refractivity contribution is 5.85. The molecule has 2 aliphatic heterocycles. The molecule has 2 heterocycles. The normalized spacial score (nSPS) is 27.0. The first-order valence-corrected chi connectivity index (χ1v) is 8.34. The summed E-state index contributed by atoms with van der Waals surface area (Å²) in [5, 5.41) is 3.31. The fourth-order valence-corrected chi connectivity index (χ4v) is 3.27. The Kier molecular flexibility index (Phi) is 7.63.